The van der Waals surface area contributed by atoms with Crippen LogP contribution in [0.1, 0.15) is 50.3 Å². The number of carbonyl (C=O) groups is 1. The largest absolute Gasteiger partial charge is 0.299 e. The number of ketones is 1. The van der Waals surface area contributed by atoms with Gasteiger partial charge in [0.2, 0.25) is 0 Å². The molecule has 0 saturated heterocycles. The van der Waals surface area contributed by atoms with Crippen molar-refractivity contribution in [2.24, 2.45) is 4.99 Å². The molecule has 2 heteroatoms. The zero-order chi connectivity index (χ0) is 15.6. The summed E-state index contributed by atoms with van der Waals surface area (Å²) in [5.41, 5.74) is 5.57. The standard InChI is InChI=1S/C19H25NO/c1-6-16-11-19(15(5)21,12-18(16)20-7-2)17-10-8-9-13(3)14(17)4/h6,8-10H,7,11-12H2,1-5H3/b16-6-,20-18-/t19-/m1/s1. The first kappa shape index (κ1) is 15.7. The molecule has 0 unspecified atom stereocenters. The summed E-state index contributed by atoms with van der Waals surface area (Å²) < 4.78 is 0. The van der Waals surface area contributed by atoms with Crippen LogP contribution in [0.25, 0.3) is 0 Å². The third kappa shape index (κ3) is 2.59. The van der Waals surface area contributed by atoms with Crippen molar-refractivity contribution in [1.82, 2.24) is 0 Å². The minimum atomic E-state index is -0.425. The number of hydrogen-bond acceptors (Lipinski definition) is 2. The Bertz CT molecular complexity index is 624. The van der Waals surface area contributed by atoms with E-state index < -0.39 is 5.41 Å². The lowest BCUT2D eigenvalue weighted by molar-refractivity contribution is -0.122. The lowest BCUT2D eigenvalue weighted by Gasteiger charge is -2.28. The third-order valence-corrected chi connectivity index (χ3v) is 4.82. The van der Waals surface area contributed by atoms with Crippen molar-refractivity contribution < 1.29 is 4.79 Å². The summed E-state index contributed by atoms with van der Waals surface area (Å²) in [6.07, 6.45) is 3.63. The predicted molar refractivity (Wildman–Crippen MR) is 89.2 cm³/mol. The van der Waals surface area contributed by atoms with Gasteiger partial charge in [-0.25, -0.2) is 0 Å². The van der Waals surface area contributed by atoms with Crippen molar-refractivity contribution in [2.75, 3.05) is 6.54 Å². The normalized spacial score (nSPS) is 25.8. The maximum atomic E-state index is 12.6. The SMILES string of the molecule is C/C=C1/C[C@@](C(C)=O)(c2cccc(C)c2C)C/C1=N/CC. The summed E-state index contributed by atoms with van der Waals surface area (Å²) in [5, 5.41) is 0. The average Bonchev–Trinajstić information content (AvgIpc) is 2.82. The molecule has 0 amide bonds. The number of aliphatic imine (C=N–C) groups is 1. The number of carbonyl (C=O) groups excluding carboxylic acids is 1. The van der Waals surface area contributed by atoms with Crippen molar-refractivity contribution in [2.45, 2.75) is 52.9 Å². The monoisotopic (exact) mass is 283 g/mol. The summed E-state index contributed by atoms with van der Waals surface area (Å²) in [7, 11) is 0. The van der Waals surface area contributed by atoms with E-state index in [1.165, 1.54) is 22.3 Å². The molecule has 112 valence electrons. The maximum Gasteiger partial charge on any atom is 0.141 e. The van der Waals surface area contributed by atoms with Gasteiger partial charge in [0.25, 0.3) is 0 Å². The molecular weight excluding hydrogens is 258 g/mol. The van der Waals surface area contributed by atoms with Crippen LogP contribution in [0, 0.1) is 13.8 Å². The van der Waals surface area contributed by atoms with Crippen LogP contribution in [0.5, 0.6) is 0 Å². The second-order valence-electron chi connectivity index (χ2n) is 5.97. The van der Waals surface area contributed by atoms with Crippen LogP contribution in [0.2, 0.25) is 0 Å². The van der Waals surface area contributed by atoms with Crippen LogP contribution in [0.3, 0.4) is 0 Å². The molecule has 1 fully saturated rings. The van der Waals surface area contributed by atoms with E-state index in [9.17, 15) is 4.79 Å². The average molecular weight is 283 g/mol. The second-order valence-corrected chi connectivity index (χ2v) is 5.97. The fourth-order valence-electron chi connectivity index (χ4n) is 3.40. The lowest BCUT2D eigenvalue weighted by atomic mass is 9.73. The molecule has 1 atom stereocenters. The first-order valence-electron chi connectivity index (χ1n) is 7.73. The van der Waals surface area contributed by atoms with E-state index in [0.29, 0.717) is 0 Å². The highest BCUT2D eigenvalue weighted by Gasteiger charge is 2.45. The molecule has 0 aliphatic heterocycles. The van der Waals surface area contributed by atoms with E-state index in [1.807, 2.05) is 13.8 Å². The molecule has 0 radical (unpaired) electrons. The van der Waals surface area contributed by atoms with Gasteiger partial charge in [0.1, 0.15) is 5.78 Å². The quantitative estimate of drug-likeness (QED) is 0.811. The highest BCUT2D eigenvalue weighted by Crippen LogP contribution is 2.45. The first-order chi connectivity index (χ1) is 9.96. The van der Waals surface area contributed by atoms with Crippen LogP contribution in [-0.2, 0) is 10.2 Å². The van der Waals surface area contributed by atoms with Crippen LogP contribution >= 0.6 is 0 Å². The van der Waals surface area contributed by atoms with Crippen molar-refractivity contribution in [1.29, 1.82) is 0 Å². The molecule has 1 aromatic rings. The predicted octanol–water partition coefficient (Wildman–Crippen LogP) is 4.33. The topological polar surface area (TPSA) is 29.4 Å². The maximum absolute atomic E-state index is 12.6. The van der Waals surface area contributed by atoms with Crippen LogP contribution in [-0.4, -0.2) is 18.0 Å². The molecule has 0 aromatic heterocycles. The zero-order valence-corrected chi connectivity index (χ0v) is 13.8. The Balaban J connectivity index is 2.62. The molecule has 1 aliphatic rings. The van der Waals surface area contributed by atoms with Gasteiger partial charge in [-0.1, -0.05) is 24.3 Å². The van der Waals surface area contributed by atoms with Crippen molar-refractivity contribution in [3.63, 3.8) is 0 Å². The molecule has 2 nitrogen and oxygen atoms in total. The van der Waals surface area contributed by atoms with Crippen molar-refractivity contribution >= 4 is 11.5 Å². The minimum Gasteiger partial charge on any atom is -0.299 e. The zero-order valence-electron chi connectivity index (χ0n) is 13.8. The van der Waals surface area contributed by atoms with Crippen LogP contribution < -0.4 is 0 Å². The Kier molecular flexibility index (Phi) is 4.46. The smallest absolute Gasteiger partial charge is 0.141 e. The molecule has 1 aromatic carbocycles. The van der Waals surface area contributed by atoms with Gasteiger partial charge in [0.15, 0.2) is 0 Å². The number of nitrogens with zero attached hydrogens (tertiary/aromatic N) is 1. The van der Waals surface area contributed by atoms with Crippen molar-refractivity contribution in [3.8, 4) is 0 Å². The molecule has 21 heavy (non-hydrogen) atoms. The fraction of sp³-hybridized carbons (Fsp3) is 0.474. The first-order valence-corrected chi connectivity index (χ1v) is 7.73. The minimum absolute atomic E-state index is 0.247. The van der Waals surface area contributed by atoms with E-state index in [1.54, 1.807) is 6.92 Å². The van der Waals surface area contributed by atoms with Gasteiger partial charge < -0.3 is 0 Å². The molecule has 0 heterocycles. The molecular formula is C19H25NO. The Morgan fingerprint density at radius 1 is 1.33 bits per heavy atom. The summed E-state index contributed by atoms with van der Waals surface area (Å²) in [5.74, 6) is 0.247. The number of aryl methyl sites for hydroxylation is 1. The van der Waals surface area contributed by atoms with Gasteiger partial charge in [0, 0.05) is 18.7 Å². The molecule has 0 bridgehead atoms. The number of allylic oxidation sites excluding steroid dienone is 2. The van der Waals surface area contributed by atoms with Gasteiger partial charge in [-0.2, -0.15) is 0 Å². The van der Waals surface area contributed by atoms with Gasteiger partial charge in [-0.05, 0) is 63.3 Å². The molecule has 1 aliphatic carbocycles. The van der Waals surface area contributed by atoms with E-state index in [-0.39, 0.29) is 5.78 Å². The van der Waals surface area contributed by atoms with Crippen LogP contribution in [0.15, 0.2) is 34.8 Å². The van der Waals surface area contributed by atoms with E-state index in [0.717, 1.165) is 25.1 Å². The summed E-state index contributed by atoms with van der Waals surface area (Å²) in [4.78, 5) is 17.2. The number of Topliss-reactive ketones (excluding diaryl/α,β-unsaturated/α-hetero) is 1. The highest BCUT2D eigenvalue weighted by atomic mass is 16.1. The number of benzene rings is 1. The van der Waals surface area contributed by atoms with E-state index in [4.69, 9.17) is 0 Å². The molecule has 2 rings (SSSR count). The van der Waals surface area contributed by atoms with E-state index >= 15 is 0 Å². The molecule has 1 saturated carbocycles. The number of hydrogen-bond donors (Lipinski definition) is 0. The second kappa shape index (κ2) is 5.97. The Labute approximate surface area is 128 Å². The summed E-state index contributed by atoms with van der Waals surface area (Å²) in [6.45, 7) is 10.8. The Morgan fingerprint density at radius 2 is 2.05 bits per heavy atom. The summed E-state index contributed by atoms with van der Waals surface area (Å²) >= 11 is 0. The Morgan fingerprint density at radius 3 is 2.62 bits per heavy atom. The Hall–Kier alpha value is -1.70. The fourth-order valence-corrected chi connectivity index (χ4v) is 3.40. The van der Waals surface area contributed by atoms with Gasteiger partial charge in [0.05, 0.1) is 5.41 Å². The van der Waals surface area contributed by atoms with Gasteiger partial charge in [-0.15, -0.1) is 0 Å². The number of rotatable bonds is 3. The third-order valence-electron chi connectivity index (χ3n) is 4.82. The van der Waals surface area contributed by atoms with Gasteiger partial charge in [-0.3, -0.25) is 9.79 Å². The lowest BCUT2D eigenvalue weighted by Crippen LogP contribution is -2.32. The summed E-state index contributed by atoms with van der Waals surface area (Å²) in [6, 6.07) is 6.29. The highest BCUT2D eigenvalue weighted by molar-refractivity contribution is 6.09. The van der Waals surface area contributed by atoms with Gasteiger partial charge >= 0.3 is 0 Å². The van der Waals surface area contributed by atoms with Crippen molar-refractivity contribution in [3.05, 3.63) is 46.5 Å². The molecule has 0 spiro atoms. The van der Waals surface area contributed by atoms with Crippen LogP contribution in [0.4, 0.5) is 0 Å². The van der Waals surface area contributed by atoms with E-state index in [2.05, 4.69) is 43.1 Å². The molecule has 0 N–H and O–H groups in total.